The minimum Gasteiger partial charge on any atom is -0.476 e. The fourth-order valence-corrected chi connectivity index (χ4v) is 5.19. The number of hydrogen-bond acceptors (Lipinski definition) is 7. The predicted molar refractivity (Wildman–Crippen MR) is 124 cm³/mol. The van der Waals surface area contributed by atoms with Crippen molar-refractivity contribution in [3.63, 3.8) is 0 Å². The minimum absolute atomic E-state index is 0.184. The highest BCUT2D eigenvalue weighted by Crippen LogP contribution is 2.41. The first-order chi connectivity index (χ1) is 15.6. The summed E-state index contributed by atoms with van der Waals surface area (Å²) < 4.78 is 23.3. The summed E-state index contributed by atoms with van der Waals surface area (Å²) in [6, 6.07) is 14.7. The number of carboxylic acid groups (broad SMARTS) is 1. The van der Waals surface area contributed by atoms with E-state index in [2.05, 4.69) is 4.98 Å². The molecule has 0 bridgehead atoms. The molecule has 1 aromatic heterocycles. The second kappa shape index (κ2) is 8.38. The van der Waals surface area contributed by atoms with Gasteiger partial charge in [0.05, 0.1) is 16.5 Å². The van der Waals surface area contributed by atoms with Gasteiger partial charge in [-0.05, 0) is 17.7 Å². The highest BCUT2D eigenvalue weighted by atomic mass is 32.2. The van der Waals surface area contributed by atoms with E-state index in [1.165, 1.54) is 29.5 Å². The van der Waals surface area contributed by atoms with Crippen LogP contribution in [-0.2, 0) is 14.6 Å². The number of carboxylic acids is 1. The lowest BCUT2D eigenvalue weighted by Crippen LogP contribution is -2.50. The van der Waals surface area contributed by atoms with E-state index >= 15 is 0 Å². The lowest BCUT2D eigenvalue weighted by Gasteiger charge is -2.28. The molecular weight excluding hydrogens is 464 g/mol. The van der Waals surface area contributed by atoms with Gasteiger partial charge >= 0.3 is 11.5 Å². The normalized spacial score (nSPS) is 20.3. The summed E-state index contributed by atoms with van der Waals surface area (Å²) in [7, 11) is -3.33. The smallest absolute Gasteiger partial charge is 0.387 e. The zero-order chi connectivity index (χ0) is 23.8. The topological polar surface area (TPSA) is 127 Å². The van der Waals surface area contributed by atoms with Crippen LogP contribution in [-0.4, -0.2) is 41.2 Å². The van der Waals surface area contributed by atoms with Gasteiger partial charge in [0.25, 0.3) is 0 Å². The number of hydrogen-bond donors (Lipinski definition) is 1. The van der Waals surface area contributed by atoms with Crippen molar-refractivity contribution in [3.8, 4) is 11.3 Å². The van der Waals surface area contributed by atoms with Crippen molar-refractivity contribution in [2.24, 2.45) is 0 Å². The Hall–Kier alpha value is -3.63. The molecule has 0 saturated carbocycles. The van der Waals surface area contributed by atoms with Crippen LogP contribution in [0.3, 0.4) is 0 Å². The quantitative estimate of drug-likeness (QED) is 0.415. The van der Waals surface area contributed by atoms with Crippen molar-refractivity contribution in [2.75, 3.05) is 6.26 Å². The van der Waals surface area contributed by atoms with E-state index in [1.54, 1.807) is 53.9 Å². The van der Waals surface area contributed by atoms with Crippen LogP contribution in [0.4, 0.5) is 0 Å². The first-order valence-electron chi connectivity index (χ1n) is 9.73. The van der Waals surface area contributed by atoms with Crippen molar-refractivity contribution in [1.82, 2.24) is 4.98 Å². The molecule has 0 aliphatic heterocycles. The van der Waals surface area contributed by atoms with Gasteiger partial charge in [-0.2, -0.15) is 0 Å². The van der Waals surface area contributed by atoms with Crippen molar-refractivity contribution >= 4 is 32.7 Å². The molecule has 10 heteroatoms. The molecule has 4 rings (SSSR count). The Bertz CT molecular complexity index is 1380. The molecule has 1 N–H and O–H groups in total. The third kappa shape index (κ3) is 4.10. The van der Waals surface area contributed by atoms with Gasteiger partial charge in [0.2, 0.25) is 0 Å². The molecule has 168 valence electrons. The Balaban J connectivity index is 1.74. The zero-order valence-electron chi connectivity index (χ0n) is 17.3. The van der Waals surface area contributed by atoms with Gasteiger partial charge in [-0.25, -0.2) is 18.2 Å². The summed E-state index contributed by atoms with van der Waals surface area (Å²) in [4.78, 5) is 28.3. The Labute approximate surface area is 193 Å². The van der Waals surface area contributed by atoms with Crippen molar-refractivity contribution in [2.45, 2.75) is 16.4 Å². The average molecular weight is 483 g/mol. The Morgan fingerprint density at radius 2 is 1.82 bits per heavy atom. The molecule has 8 nitrogen and oxygen atoms in total. The molecular formula is C23H18N2O6S2. The maximum atomic E-state index is 12.2. The lowest BCUT2D eigenvalue weighted by molar-refractivity contribution is -0.543. The number of benzene rings is 2. The number of thiazole rings is 1. The number of aromatic nitrogens is 1. The minimum atomic E-state index is -3.33. The summed E-state index contributed by atoms with van der Waals surface area (Å²) in [5.41, 5.74) is -0.295. The summed E-state index contributed by atoms with van der Waals surface area (Å²) in [6.45, 7) is 0. The maximum Gasteiger partial charge on any atom is 0.387 e. The molecule has 0 saturated heterocycles. The summed E-state index contributed by atoms with van der Waals surface area (Å²) in [6.07, 6.45) is 5.46. The molecule has 0 spiro atoms. The zero-order valence-corrected chi connectivity index (χ0v) is 18.9. The van der Waals surface area contributed by atoms with E-state index in [9.17, 15) is 28.4 Å². The van der Waals surface area contributed by atoms with Crippen LogP contribution in [0, 0.1) is 10.1 Å². The Kier molecular flexibility index (Phi) is 5.73. The summed E-state index contributed by atoms with van der Waals surface area (Å²) in [5, 5.41) is 24.2. The van der Waals surface area contributed by atoms with Crippen molar-refractivity contribution in [1.29, 1.82) is 0 Å². The second-order valence-electron chi connectivity index (χ2n) is 7.57. The number of aliphatic carboxylic acids is 1. The van der Waals surface area contributed by atoms with Gasteiger partial charge in [0.1, 0.15) is 5.01 Å². The van der Waals surface area contributed by atoms with E-state index in [0.29, 0.717) is 27.4 Å². The molecule has 2 unspecified atom stereocenters. The molecule has 0 radical (unpaired) electrons. The van der Waals surface area contributed by atoms with Crippen molar-refractivity contribution in [3.05, 3.63) is 98.9 Å². The SMILES string of the molecule is CS(=O)(=O)c1ccc(-c2csc(C3=CC(C(=O)O)([N+](=O)[O-])C(c4ccccc4)C=C3)n2)cc1. The van der Waals surface area contributed by atoms with Crippen LogP contribution in [0.25, 0.3) is 16.8 Å². The lowest BCUT2D eigenvalue weighted by atomic mass is 9.75. The first kappa shape index (κ1) is 22.6. The summed E-state index contributed by atoms with van der Waals surface area (Å²) in [5.74, 6) is -2.55. The highest BCUT2D eigenvalue weighted by molar-refractivity contribution is 7.90. The third-order valence-electron chi connectivity index (χ3n) is 5.45. The van der Waals surface area contributed by atoms with Gasteiger partial charge in [-0.15, -0.1) is 11.3 Å². The number of sulfone groups is 1. The number of rotatable bonds is 6. The number of carbonyl (C=O) groups is 1. The fourth-order valence-electron chi connectivity index (χ4n) is 3.73. The van der Waals surface area contributed by atoms with Crippen LogP contribution < -0.4 is 0 Å². The monoisotopic (exact) mass is 482 g/mol. The Morgan fingerprint density at radius 1 is 1.15 bits per heavy atom. The molecule has 0 amide bonds. The summed E-state index contributed by atoms with van der Waals surface area (Å²) >= 11 is 1.22. The molecule has 1 heterocycles. The van der Waals surface area contributed by atoms with E-state index in [4.69, 9.17) is 0 Å². The van der Waals surface area contributed by atoms with E-state index in [1.807, 2.05) is 0 Å². The molecule has 1 aliphatic carbocycles. The van der Waals surface area contributed by atoms with Gasteiger partial charge in [-0.1, -0.05) is 54.6 Å². The predicted octanol–water partition coefficient (Wildman–Crippen LogP) is 4.05. The standard InChI is InChI=1S/C23H18N2O6S2/c1-33(30,31)18-10-7-16(8-11-18)20-14-32-21(24-20)17-9-12-19(15-5-3-2-4-6-15)23(13-17,22(26)27)25(28)29/h2-14,19H,1H3,(H,26,27). The van der Waals surface area contributed by atoms with Gasteiger partial charge < -0.3 is 5.11 Å². The fraction of sp³-hybridized carbons (Fsp3) is 0.130. The van der Waals surface area contributed by atoms with E-state index in [-0.39, 0.29) is 4.90 Å². The molecule has 2 atom stereocenters. The van der Waals surface area contributed by atoms with E-state index < -0.39 is 32.2 Å². The van der Waals surface area contributed by atoms with Crippen LogP contribution in [0.2, 0.25) is 0 Å². The van der Waals surface area contributed by atoms with Gasteiger partial charge in [0, 0.05) is 33.8 Å². The van der Waals surface area contributed by atoms with Gasteiger partial charge in [0.15, 0.2) is 9.84 Å². The highest BCUT2D eigenvalue weighted by Gasteiger charge is 2.57. The molecule has 1 aliphatic rings. The van der Waals surface area contributed by atoms with Crippen LogP contribution in [0.1, 0.15) is 16.5 Å². The average Bonchev–Trinajstić information content (AvgIpc) is 3.29. The maximum absolute atomic E-state index is 12.2. The number of nitro groups is 1. The third-order valence-corrected chi connectivity index (χ3v) is 7.47. The molecule has 33 heavy (non-hydrogen) atoms. The number of nitrogens with zero attached hydrogens (tertiary/aromatic N) is 2. The van der Waals surface area contributed by atoms with Crippen molar-refractivity contribution < 1.29 is 23.2 Å². The second-order valence-corrected chi connectivity index (χ2v) is 10.4. The number of allylic oxidation sites excluding steroid dienone is 2. The van der Waals surface area contributed by atoms with Gasteiger partial charge in [-0.3, -0.25) is 10.1 Å². The Morgan fingerprint density at radius 3 is 2.39 bits per heavy atom. The molecule has 3 aromatic rings. The van der Waals surface area contributed by atoms with Crippen LogP contribution >= 0.6 is 11.3 Å². The van der Waals surface area contributed by atoms with Crippen LogP contribution in [0.15, 0.2) is 83.1 Å². The molecule has 0 fully saturated rings. The first-order valence-corrected chi connectivity index (χ1v) is 12.5. The van der Waals surface area contributed by atoms with Crippen LogP contribution in [0.5, 0.6) is 0 Å². The molecule has 2 aromatic carbocycles. The van der Waals surface area contributed by atoms with E-state index in [0.717, 1.165) is 12.3 Å². The largest absolute Gasteiger partial charge is 0.476 e.